The summed E-state index contributed by atoms with van der Waals surface area (Å²) in [5, 5.41) is 0. The van der Waals surface area contributed by atoms with Gasteiger partial charge >= 0.3 is 0 Å². The number of hydrogen-bond acceptors (Lipinski definition) is 1. The predicted octanol–water partition coefficient (Wildman–Crippen LogP) is 13.8. The van der Waals surface area contributed by atoms with E-state index in [1.54, 1.807) is 0 Å². The monoisotopic (exact) mass is 685 g/mol. The standard InChI is InChI=1S/C52H47N/c1-34-27-38(42(37-21-13-8-14-22-37)29-36-19-11-7-12-20-36)30-47-49(34)43-32-46-44(33-45(43)51(47,3)4)50-35(2)28-41(31-48(50)52(46,5)6)53(39-23-15-9-16-24-39)40-25-17-10-18-26-40/h7-28,30-33,42H,29H2,1-6H3. The highest BCUT2D eigenvalue weighted by atomic mass is 15.1. The molecule has 1 unspecified atom stereocenters. The van der Waals surface area contributed by atoms with Crippen LogP contribution in [0, 0.1) is 13.8 Å². The summed E-state index contributed by atoms with van der Waals surface area (Å²) in [6.45, 7) is 14.4. The molecule has 0 aliphatic heterocycles. The molecule has 53 heavy (non-hydrogen) atoms. The van der Waals surface area contributed by atoms with E-state index in [9.17, 15) is 0 Å². The van der Waals surface area contributed by atoms with Gasteiger partial charge in [0, 0.05) is 33.8 Å². The van der Waals surface area contributed by atoms with Gasteiger partial charge in [-0.05, 0) is 141 Å². The molecule has 0 heterocycles. The summed E-state index contributed by atoms with van der Waals surface area (Å²) in [5.74, 6) is 0.279. The van der Waals surface area contributed by atoms with Crippen LogP contribution < -0.4 is 4.90 Å². The number of aryl methyl sites for hydroxylation is 2. The number of benzene rings is 7. The number of hydrogen-bond donors (Lipinski definition) is 0. The predicted molar refractivity (Wildman–Crippen MR) is 224 cm³/mol. The molecule has 0 N–H and O–H groups in total. The first kappa shape index (κ1) is 33.2. The second kappa shape index (κ2) is 12.5. The fourth-order valence-electron chi connectivity index (χ4n) is 9.52. The summed E-state index contributed by atoms with van der Waals surface area (Å²) in [5.41, 5.74) is 21.4. The van der Waals surface area contributed by atoms with E-state index in [-0.39, 0.29) is 16.7 Å². The van der Waals surface area contributed by atoms with Crippen LogP contribution in [0.3, 0.4) is 0 Å². The van der Waals surface area contributed by atoms with Gasteiger partial charge in [-0.3, -0.25) is 0 Å². The molecular weight excluding hydrogens is 639 g/mol. The van der Waals surface area contributed by atoms with E-state index in [0.29, 0.717) is 0 Å². The van der Waals surface area contributed by atoms with Crippen LogP contribution in [0.5, 0.6) is 0 Å². The Kier molecular flexibility index (Phi) is 7.82. The molecule has 0 saturated carbocycles. The second-order valence-electron chi connectivity index (χ2n) is 16.3. The van der Waals surface area contributed by atoms with E-state index in [2.05, 4.69) is 204 Å². The SMILES string of the molecule is Cc1cc(C(Cc2ccccc2)c2ccccc2)cc2c1-c1cc3c(cc1C2(C)C)-c1c(C)cc(N(c2ccccc2)c2ccccc2)cc1C3(C)C. The van der Waals surface area contributed by atoms with Crippen LogP contribution in [-0.2, 0) is 17.3 Å². The molecule has 0 saturated heterocycles. The topological polar surface area (TPSA) is 3.24 Å². The van der Waals surface area contributed by atoms with Crippen molar-refractivity contribution >= 4 is 17.1 Å². The second-order valence-corrected chi connectivity index (χ2v) is 16.3. The maximum absolute atomic E-state index is 2.56. The Morgan fingerprint density at radius 3 is 1.42 bits per heavy atom. The lowest BCUT2D eigenvalue weighted by Gasteiger charge is -2.28. The van der Waals surface area contributed by atoms with Gasteiger partial charge in [-0.15, -0.1) is 0 Å². The van der Waals surface area contributed by atoms with Crippen molar-refractivity contribution in [3.8, 4) is 22.3 Å². The van der Waals surface area contributed by atoms with Crippen molar-refractivity contribution in [2.24, 2.45) is 0 Å². The highest BCUT2D eigenvalue weighted by Gasteiger charge is 2.43. The summed E-state index contributed by atoms with van der Waals surface area (Å²) >= 11 is 0. The highest BCUT2D eigenvalue weighted by molar-refractivity contribution is 5.93. The third-order valence-corrected chi connectivity index (χ3v) is 12.2. The minimum Gasteiger partial charge on any atom is -0.310 e. The molecule has 0 spiro atoms. The van der Waals surface area contributed by atoms with Crippen LogP contribution >= 0.6 is 0 Å². The van der Waals surface area contributed by atoms with Crippen molar-refractivity contribution in [1.82, 2.24) is 0 Å². The third kappa shape index (κ3) is 5.36. The largest absolute Gasteiger partial charge is 0.310 e. The summed E-state index contributed by atoms with van der Waals surface area (Å²) in [6, 6.07) is 58.6. The van der Waals surface area contributed by atoms with Gasteiger partial charge in [-0.1, -0.05) is 137 Å². The van der Waals surface area contributed by atoms with E-state index in [1.807, 2.05) is 0 Å². The maximum atomic E-state index is 2.56. The quantitative estimate of drug-likeness (QED) is 0.161. The summed E-state index contributed by atoms with van der Waals surface area (Å²) in [6.07, 6.45) is 0.975. The molecule has 0 amide bonds. The summed E-state index contributed by atoms with van der Waals surface area (Å²) in [4.78, 5) is 2.40. The molecule has 7 aromatic carbocycles. The molecule has 7 aromatic rings. The van der Waals surface area contributed by atoms with Gasteiger partial charge in [-0.25, -0.2) is 0 Å². The molecule has 1 nitrogen and oxygen atoms in total. The number of rotatable bonds is 7. The smallest absolute Gasteiger partial charge is 0.0467 e. The van der Waals surface area contributed by atoms with Gasteiger partial charge in [0.2, 0.25) is 0 Å². The van der Waals surface area contributed by atoms with Crippen LogP contribution in [0.4, 0.5) is 17.1 Å². The number of fused-ring (bicyclic) bond motifs is 6. The fraction of sp³-hybridized carbons (Fsp3) is 0.192. The van der Waals surface area contributed by atoms with E-state index in [1.165, 1.54) is 78.0 Å². The number of nitrogens with zero attached hydrogens (tertiary/aromatic N) is 1. The first-order valence-corrected chi connectivity index (χ1v) is 19.1. The Morgan fingerprint density at radius 2 is 0.887 bits per heavy atom. The van der Waals surface area contributed by atoms with Gasteiger partial charge in [0.25, 0.3) is 0 Å². The molecule has 2 aliphatic carbocycles. The lowest BCUT2D eigenvalue weighted by atomic mass is 9.78. The number of anilines is 3. The maximum Gasteiger partial charge on any atom is 0.0467 e. The molecular formula is C52H47N. The normalized spacial score (nSPS) is 14.9. The molecule has 9 rings (SSSR count). The van der Waals surface area contributed by atoms with Crippen LogP contribution in [0.1, 0.15) is 83.7 Å². The fourth-order valence-corrected chi connectivity index (χ4v) is 9.52. The molecule has 1 atom stereocenters. The molecule has 260 valence electrons. The van der Waals surface area contributed by atoms with Crippen molar-refractivity contribution in [2.75, 3.05) is 4.90 Å². The van der Waals surface area contributed by atoms with E-state index >= 15 is 0 Å². The average molecular weight is 686 g/mol. The van der Waals surface area contributed by atoms with Crippen LogP contribution in [-0.4, -0.2) is 0 Å². The third-order valence-electron chi connectivity index (χ3n) is 12.2. The molecule has 1 heteroatoms. The van der Waals surface area contributed by atoms with Crippen molar-refractivity contribution < 1.29 is 0 Å². The first-order valence-electron chi connectivity index (χ1n) is 19.1. The van der Waals surface area contributed by atoms with Crippen LogP contribution in [0.2, 0.25) is 0 Å². The highest BCUT2D eigenvalue weighted by Crippen LogP contribution is 2.58. The van der Waals surface area contributed by atoms with Gasteiger partial charge in [0.1, 0.15) is 0 Å². The van der Waals surface area contributed by atoms with Crippen molar-refractivity contribution in [2.45, 2.75) is 64.7 Å². The van der Waals surface area contributed by atoms with Gasteiger partial charge in [0.15, 0.2) is 0 Å². The first-order chi connectivity index (χ1) is 25.6. The zero-order chi connectivity index (χ0) is 36.5. The minimum absolute atomic E-state index is 0.132. The molecule has 2 aliphatic rings. The van der Waals surface area contributed by atoms with Crippen molar-refractivity contribution in [1.29, 1.82) is 0 Å². The Morgan fingerprint density at radius 1 is 0.434 bits per heavy atom. The Balaban J connectivity index is 1.17. The van der Waals surface area contributed by atoms with Gasteiger partial charge in [0.05, 0.1) is 0 Å². The number of para-hydroxylation sites is 2. The zero-order valence-corrected chi connectivity index (χ0v) is 31.7. The lowest BCUT2D eigenvalue weighted by molar-refractivity contribution is 0.650. The van der Waals surface area contributed by atoms with Crippen molar-refractivity contribution in [3.63, 3.8) is 0 Å². The van der Waals surface area contributed by atoms with E-state index in [4.69, 9.17) is 0 Å². The Labute approximate surface area is 315 Å². The minimum atomic E-state index is -0.158. The molecule has 0 radical (unpaired) electrons. The summed E-state index contributed by atoms with van der Waals surface area (Å²) in [7, 11) is 0. The van der Waals surface area contributed by atoms with E-state index in [0.717, 1.165) is 17.8 Å². The Bertz CT molecular complexity index is 2430. The summed E-state index contributed by atoms with van der Waals surface area (Å²) < 4.78 is 0. The van der Waals surface area contributed by atoms with Crippen LogP contribution in [0.15, 0.2) is 158 Å². The Hall–Kier alpha value is -5.66. The average Bonchev–Trinajstić information content (AvgIpc) is 3.54. The van der Waals surface area contributed by atoms with Gasteiger partial charge in [-0.2, -0.15) is 0 Å². The van der Waals surface area contributed by atoms with Gasteiger partial charge < -0.3 is 4.90 Å². The molecule has 0 fully saturated rings. The molecule has 0 bridgehead atoms. The lowest BCUT2D eigenvalue weighted by Crippen LogP contribution is -2.18. The van der Waals surface area contributed by atoms with Crippen LogP contribution in [0.25, 0.3) is 22.3 Å². The van der Waals surface area contributed by atoms with E-state index < -0.39 is 0 Å². The zero-order valence-electron chi connectivity index (χ0n) is 31.7. The van der Waals surface area contributed by atoms with Crippen molar-refractivity contribution in [3.05, 3.63) is 208 Å². The molecule has 0 aromatic heterocycles.